The van der Waals surface area contributed by atoms with E-state index in [2.05, 4.69) is 4.72 Å². The molecule has 5 nitrogen and oxygen atoms in total. The number of carbonyl (C=O) groups excluding carboxylic acids is 1. The van der Waals surface area contributed by atoms with Crippen LogP contribution in [0.5, 0.6) is 0 Å². The molecule has 0 unspecified atom stereocenters. The maximum atomic E-state index is 14.3. The maximum absolute atomic E-state index is 14.3. The molecule has 1 saturated carbocycles. The Hall–Kier alpha value is -2.32. The highest BCUT2D eigenvalue weighted by atomic mass is 32.2. The minimum absolute atomic E-state index is 0.0309. The van der Waals surface area contributed by atoms with Crippen molar-refractivity contribution in [3.8, 4) is 11.1 Å². The highest BCUT2D eigenvalue weighted by molar-refractivity contribution is 7.88. The molecule has 2 aromatic rings. The Morgan fingerprint density at radius 2 is 1.90 bits per heavy atom. The van der Waals surface area contributed by atoms with Gasteiger partial charge in [0.15, 0.2) is 0 Å². The zero-order chi connectivity index (χ0) is 20.8. The molecule has 0 radical (unpaired) electrons. The molecule has 154 valence electrons. The summed E-state index contributed by atoms with van der Waals surface area (Å²) >= 11 is 0. The Kier molecular flexibility index (Phi) is 5.16. The number of rotatable bonds is 5. The zero-order valence-electron chi connectivity index (χ0n) is 15.9. The van der Waals surface area contributed by atoms with Gasteiger partial charge in [-0.1, -0.05) is 24.3 Å². The molecule has 2 fully saturated rings. The number of sulfonamides is 1. The van der Waals surface area contributed by atoms with Crippen LogP contribution in [0.3, 0.4) is 0 Å². The fourth-order valence-electron chi connectivity index (χ4n) is 4.17. The molecule has 1 aliphatic heterocycles. The summed E-state index contributed by atoms with van der Waals surface area (Å²) in [4.78, 5) is 14.6. The summed E-state index contributed by atoms with van der Waals surface area (Å²) in [6, 6.07) is 10.2. The molecule has 0 bridgehead atoms. The zero-order valence-corrected chi connectivity index (χ0v) is 16.8. The molecule has 0 spiro atoms. The molecule has 1 amide bonds. The molecule has 0 aromatic heterocycles. The van der Waals surface area contributed by atoms with Crippen LogP contribution < -0.4 is 4.72 Å². The molecule has 1 aliphatic carbocycles. The summed E-state index contributed by atoms with van der Waals surface area (Å²) in [6.07, 6.45) is 2.30. The fourth-order valence-corrected chi connectivity index (χ4v) is 4.97. The van der Waals surface area contributed by atoms with Crippen molar-refractivity contribution in [2.75, 3.05) is 19.3 Å². The third-order valence-corrected chi connectivity index (χ3v) is 6.33. The number of hydrogen-bond acceptors (Lipinski definition) is 3. The van der Waals surface area contributed by atoms with Crippen LogP contribution in [-0.4, -0.2) is 44.6 Å². The predicted molar refractivity (Wildman–Crippen MR) is 106 cm³/mol. The third-order valence-electron chi connectivity index (χ3n) is 5.57. The summed E-state index contributed by atoms with van der Waals surface area (Å²) < 4.78 is 53.5. The number of amides is 1. The van der Waals surface area contributed by atoms with E-state index in [4.69, 9.17) is 0 Å². The van der Waals surface area contributed by atoms with Crippen molar-refractivity contribution in [2.45, 2.75) is 24.8 Å². The second kappa shape index (κ2) is 7.50. The fraction of sp³-hybridized carbons (Fsp3) is 0.381. The molecule has 8 heteroatoms. The lowest BCUT2D eigenvalue weighted by Crippen LogP contribution is -2.38. The molecule has 1 N–H and O–H groups in total. The van der Waals surface area contributed by atoms with Gasteiger partial charge in [-0.25, -0.2) is 21.9 Å². The van der Waals surface area contributed by atoms with E-state index in [1.165, 1.54) is 18.2 Å². The number of hydrogen-bond donors (Lipinski definition) is 1. The van der Waals surface area contributed by atoms with Crippen LogP contribution in [0, 0.1) is 17.6 Å². The Labute approximate surface area is 168 Å². The van der Waals surface area contributed by atoms with Crippen LogP contribution in [-0.2, 0) is 14.8 Å². The van der Waals surface area contributed by atoms with Crippen molar-refractivity contribution in [3.05, 3.63) is 59.7 Å². The van der Waals surface area contributed by atoms with E-state index in [-0.39, 0.29) is 23.8 Å². The summed E-state index contributed by atoms with van der Waals surface area (Å²) in [5.74, 6) is -1.26. The van der Waals surface area contributed by atoms with E-state index >= 15 is 0 Å². The van der Waals surface area contributed by atoms with Gasteiger partial charge in [-0.2, -0.15) is 0 Å². The van der Waals surface area contributed by atoms with Crippen molar-refractivity contribution in [2.24, 2.45) is 5.92 Å². The van der Waals surface area contributed by atoms with E-state index < -0.39 is 21.7 Å². The molecular formula is C21H22F2N2O3S. The average molecular weight is 420 g/mol. The van der Waals surface area contributed by atoms with Crippen molar-refractivity contribution >= 4 is 15.9 Å². The second-order valence-corrected chi connectivity index (χ2v) is 9.60. The van der Waals surface area contributed by atoms with Gasteiger partial charge in [0, 0.05) is 30.6 Å². The van der Waals surface area contributed by atoms with Crippen molar-refractivity contribution in [3.63, 3.8) is 0 Å². The molecule has 29 heavy (non-hydrogen) atoms. The van der Waals surface area contributed by atoms with Crippen LogP contribution in [0.15, 0.2) is 42.5 Å². The minimum atomic E-state index is -3.32. The number of nitrogens with one attached hydrogen (secondary N) is 1. The number of nitrogens with zero attached hydrogens (tertiary/aromatic N) is 1. The lowest BCUT2D eigenvalue weighted by Gasteiger charge is -2.17. The Bertz CT molecular complexity index is 1060. The van der Waals surface area contributed by atoms with Gasteiger partial charge in [-0.05, 0) is 48.1 Å². The molecule has 1 saturated heterocycles. The van der Waals surface area contributed by atoms with E-state index in [1.807, 2.05) is 0 Å². The molecule has 4 rings (SSSR count). The minimum Gasteiger partial charge on any atom is -0.341 e. The molecular weight excluding hydrogens is 398 g/mol. The second-order valence-electron chi connectivity index (χ2n) is 7.82. The van der Waals surface area contributed by atoms with Crippen LogP contribution in [0.1, 0.15) is 24.3 Å². The normalized spacial score (nSPS) is 24.0. The first-order valence-electron chi connectivity index (χ1n) is 9.53. The average Bonchev–Trinajstić information content (AvgIpc) is 3.31. The quantitative estimate of drug-likeness (QED) is 0.809. The molecule has 2 aromatic carbocycles. The summed E-state index contributed by atoms with van der Waals surface area (Å²) in [7, 11) is -3.32. The Balaban J connectivity index is 1.51. The highest BCUT2D eigenvalue weighted by Gasteiger charge is 2.47. The predicted octanol–water partition coefficient (Wildman–Crippen LogP) is 2.89. The first-order chi connectivity index (χ1) is 13.7. The van der Waals surface area contributed by atoms with Crippen molar-refractivity contribution in [1.82, 2.24) is 9.62 Å². The van der Waals surface area contributed by atoms with Gasteiger partial charge >= 0.3 is 0 Å². The Morgan fingerprint density at radius 3 is 2.62 bits per heavy atom. The standard InChI is InChI=1S/C21H22F2N2O3S/c1-29(27,28)24-14-8-9-25(12-14)21(26)19-11-18(19)15-7-6-13(22)10-17(15)16-4-2-3-5-20(16)23/h2-7,10,14,18-19,24H,8-9,11-12H2,1H3/t14-,18-,19+/m0/s1. The number of carbonyl (C=O) groups is 1. The highest BCUT2D eigenvalue weighted by Crippen LogP contribution is 2.51. The SMILES string of the molecule is CS(=O)(=O)N[C@H]1CCN(C(=O)[C@@H]2C[C@H]2c2ccc(F)cc2-c2ccccc2F)C1. The van der Waals surface area contributed by atoms with E-state index in [1.54, 1.807) is 29.2 Å². The van der Waals surface area contributed by atoms with Crippen LogP contribution in [0.2, 0.25) is 0 Å². The van der Waals surface area contributed by atoms with Gasteiger partial charge in [0.25, 0.3) is 0 Å². The topological polar surface area (TPSA) is 66.5 Å². The Morgan fingerprint density at radius 1 is 1.14 bits per heavy atom. The van der Waals surface area contributed by atoms with Crippen molar-refractivity contribution < 1.29 is 22.0 Å². The molecule has 3 atom stereocenters. The first kappa shape index (κ1) is 20.0. The van der Waals surface area contributed by atoms with Gasteiger partial charge in [0.1, 0.15) is 11.6 Å². The summed E-state index contributed by atoms with van der Waals surface area (Å²) in [5, 5.41) is 0. The van der Waals surface area contributed by atoms with E-state index in [0.717, 1.165) is 11.8 Å². The maximum Gasteiger partial charge on any atom is 0.226 e. The monoisotopic (exact) mass is 420 g/mol. The van der Waals surface area contributed by atoms with E-state index in [0.29, 0.717) is 37.1 Å². The molecule has 2 aliphatic rings. The van der Waals surface area contributed by atoms with Gasteiger partial charge in [0.05, 0.1) is 6.26 Å². The summed E-state index contributed by atoms with van der Waals surface area (Å²) in [5.41, 5.74) is 1.56. The van der Waals surface area contributed by atoms with Crippen LogP contribution >= 0.6 is 0 Å². The van der Waals surface area contributed by atoms with Crippen LogP contribution in [0.25, 0.3) is 11.1 Å². The first-order valence-corrected chi connectivity index (χ1v) is 11.4. The van der Waals surface area contributed by atoms with Crippen LogP contribution in [0.4, 0.5) is 8.78 Å². The van der Waals surface area contributed by atoms with Gasteiger partial charge in [0.2, 0.25) is 15.9 Å². The van der Waals surface area contributed by atoms with Gasteiger partial charge in [-0.15, -0.1) is 0 Å². The number of halogens is 2. The number of benzene rings is 2. The largest absolute Gasteiger partial charge is 0.341 e. The van der Waals surface area contributed by atoms with Gasteiger partial charge in [-0.3, -0.25) is 4.79 Å². The lowest BCUT2D eigenvalue weighted by atomic mass is 9.95. The number of likely N-dealkylation sites (tertiary alicyclic amines) is 1. The lowest BCUT2D eigenvalue weighted by molar-refractivity contribution is -0.131. The van der Waals surface area contributed by atoms with Crippen molar-refractivity contribution in [1.29, 1.82) is 0 Å². The van der Waals surface area contributed by atoms with Gasteiger partial charge < -0.3 is 4.90 Å². The third kappa shape index (κ3) is 4.33. The molecule has 1 heterocycles. The van der Waals surface area contributed by atoms with E-state index in [9.17, 15) is 22.0 Å². The smallest absolute Gasteiger partial charge is 0.226 e. The summed E-state index contributed by atoms with van der Waals surface area (Å²) in [6.45, 7) is 0.845.